The Morgan fingerprint density at radius 2 is 2.19 bits per heavy atom. The molecule has 2 aromatic rings. The van der Waals surface area contributed by atoms with Crippen LogP contribution in [-0.2, 0) is 6.54 Å². The van der Waals surface area contributed by atoms with Crippen LogP contribution in [-0.4, -0.2) is 31.7 Å². The lowest BCUT2D eigenvalue weighted by Gasteiger charge is -2.16. The van der Waals surface area contributed by atoms with Crippen molar-refractivity contribution in [3.05, 3.63) is 42.6 Å². The van der Waals surface area contributed by atoms with E-state index in [0.29, 0.717) is 18.7 Å². The minimum atomic E-state index is -0.0757. The Labute approximate surface area is 129 Å². The van der Waals surface area contributed by atoms with Gasteiger partial charge in [0, 0.05) is 42.0 Å². The number of carbonyl (C=O) groups excluding carboxylic acids is 1. The average molecular weight is 304 g/mol. The summed E-state index contributed by atoms with van der Waals surface area (Å²) in [5.41, 5.74) is 0.641. The first kappa shape index (κ1) is 15.6. The Kier molecular flexibility index (Phi) is 5.01. The molecule has 2 heterocycles. The highest BCUT2D eigenvalue weighted by Crippen LogP contribution is 2.30. The smallest absolute Gasteiger partial charge is 0.251 e. The van der Waals surface area contributed by atoms with Crippen molar-refractivity contribution in [3.8, 4) is 0 Å². The molecule has 0 aliphatic rings. The maximum absolute atomic E-state index is 12.1. The molecular formula is C15H20N4OS. The maximum Gasteiger partial charge on any atom is 0.251 e. The minimum absolute atomic E-state index is 0.0729. The zero-order valence-electron chi connectivity index (χ0n) is 12.5. The summed E-state index contributed by atoms with van der Waals surface area (Å²) in [6, 6.07) is 3.57. The highest BCUT2D eigenvalue weighted by molar-refractivity contribution is 8.00. The topological polar surface area (TPSA) is 59.8 Å². The first-order valence-electron chi connectivity index (χ1n) is 6.83. The molecular weight excluding hydrogens is 284 g/mol. The van der Waals surface area contributed by atoms with E-state index in [2.05, 4.69) is 36.1 Å². The summed E-state index contributed by atoms with van der Waals surface area (Å²) in [6.45, 7) is 7.64. The minimum Gasteiger partial charge on any atom is -0.350 e. The molecule has 0 atom stereocenters. The molecule has 0 aliphatic carbocycles. The van der Waals surface area contributed by atoms with Crippen molar-refractivity contribution in [2.24, 2.45) is 0 Å². The van der Waals surface area contributed by atoms with Crippen LogP contribution in [0.5, 0.6) is 0 Å². The van der Waals surface area contributed by atoms with Crippen molar-refractivity contribution < 1.29 is 4.79 Å². The van der Waals surface area contributed by atoms with Gasteiger partial charge in [-0.2, -0.15) is 0 Å². The van der Waals surface area contributed by atoms with Crippen molar-refractivity contribution in [2.75, 3.05) is 6.54 Å². The summed E-state index contributed by atoms with van der Waals surface area (Å²) in [5, 5.41) is 3.77. The van der Waals surface area contributed by atoms with Gasteiger partial charge in [-0.1, -0.05) is 20.8 Å². The van der Waals surface area contributed by atoms with Crippen LogP contribution in [0.4, 0.5) is 0 Å². The molecule has 2 rings (SSSR count). The van der Waals surface area contributed by atoms with E-state index < -0.39 is 0 Å². The van der Waals surface area contributed by atoms with Gasteiger partial charge in [0.2, 0.25) is 0 Å². The summed E-state index contributed by atoms with van der Waals surface area (Å²) in [5.74, 6) is -0.0757. The number of pyridine rings is 1. The van der Waals surface area contributed by atoms with Crippen molar-refractivity contribution in [3.63, 3.8) is 0 Å². The summed E-state index contributed by atoms with van der Waals surface area (Å²) >= 11 is 1.65. The van der Waals surface area contributed by atoms with E-state index in [1.165, 1.54) is 0 Å². The first-order chi connectivity index (χ1) is 9.94. The SMILES string of the molecule is CC(C)(C)Sc1cc(C(=O)NCCn2ccnc2)ccn1. The molecule has 0 saturated carbocycles. The molecule has 112 valence electrons. The number of amides is 1. The molecule has 0 saturated heterocycles. The van der Waals surface area contributed by atoms with E-state index in [-0.39, 0.29) is 10.7 Å². The predicted octanol–water partition coefficient (Wildman–Crippen LogP) is 2.60. The molecule has 0 spiro atoms. The molecule has 2 aromatic heterocycles. The van der Waals surface area contributed by atoms with Crippen LogP contribution in [0.2, 0.25) is 0 Å². The fourth-order valence-corrected chi connectivity index (χ4v) is 2.67. The second-order valence-corrected chi connectivity index (χ2v) is 7.50. The van der Waals surface area contributed by atoms with Crippen molar-refractivity contribution in [1.82, 2.24) is 19.9 Å². The molecule has 1 amide bonds. The summed E-state index contributed by atoms with van der Waals surface area (Å²) in [6.07, 6.45) is 7.01. The lowest BCUT2D eigenvalue weighted by Crippen LogP contribution is -2.27. The molecule has 0 bridgehead atoms. The van der Waals surface area contributed by atoms with E-state index in [9.17, 15) is 4.79 Å². The molecule has 21 heavy (non-hydrogen) atoms. The van der Waals surface area contributed by atoms with Crippen molar-refractivity contribution >= 4 is 17.7 Å². The summed E-state index contributed by atoms with van der Waals surface area (Å²) < 4.78 is 2.00. The number of aromatic nitrogens is 3. The lowest BCUT2D eigenvalue weighted by molar-refractivity contribution is 0.0952. The highest BCUT2D eigenvalue weighted by atomic mass is 32.2. The zero-order valence-corrected chi connectivity index (χ0v) is 13.4. The largest absolute Gasteiger partial charge is 0.350 e. The molecule has 0 unspecified atom stereocenters. The quantitative estimate of drug-likeness (QED) is 0.863. The zero-order chi connectivity index (χ0) is 15.3. The first-order valence-corrected chi connectivity index (χ1v) is 7.65. The molecule has 0 radical (unpaired) electrons. The van der Waals surface area contributed by atoms with Gasteiger partial charge < -0.3 is 9.88 Å². The Balaban J connectivity index is 1.91. The van der Waals surface area contributed by atoms with Crippen LogP contribution in [0.3, 0.4) is 0 Å². The molecule has 5 nitrogen and oxygen atoms in total. The van der Waals surface area contributed by atoms with Crippen LogP contribution in [0.25, 0.3) is 0 Å². The van der Waals surface area contributed by atoms with Gasteiger partial charge in [0.1, 0.15) is 0 Å². The normalized spacial score (nSPS) is 11.4. The van der Waals surface area contributed by atoms with Crippen LogP contribution in [0.1, 0.15) is 31.1 Å². The Bertz CT molecular complexity index is 590. The average Bonchev–Trinajstić information content (AvgIpc) is 2.90. The summed E-state index contributed by atoms with van der Waals surface area (Å²) in [4.78, 5) is 20.4. The maximum atomic E-state index is 12.1. The number of hydrogen-bond acceptors (Lipinski definition) is 4. The van der Waals surface area contributed by atoms with Crippen LogP contribution < -0.4 is 5.32 Å². The number of nitrogens with one attached hydrogen (secondary N) is 1. The van der Waals surface area contributed by atoms with Gasteiger partial charge in [-0.3, -0.25) is 4.79 Å². The van der Waals surface area contributed by atoms with Gasteiger partial charge in [0.05, 0.1) is 11.4 Å². The molecule has 1 N–H and O–H groups in total. The second kappa shape index (κ2) is 6.76. The number of nitrogens with zero attached hydrogens (tertiary/aromatic N) is 3. The molecule has 0 aromatic carbocycles. The van der Waals surface area contributed by atoms with Gasteiger partial charge in [0.25, 0.3) is 5.91 Å². The Morgan fingerprint density at radius 3 is 2.86 bits per heavy atom. The van der Waals surface area contributed by atoms with Crippen LogP contribution in [0, 0.1) is 0 Å². The van der Waals surface area contributed by atoms with Gasteiger partial charge >= 0.3 is 0 Å². The van der Waals surface area contributed by atoms with E-state index in [0.717, 1.165) is 5.03 Å². The lowest BCUT2D eigenvalue weighted by atomic mass is 10.2. The van der Waals surface area contributed by atoms with E-state index in [4.69, 9.17) is 0 Å². The third kappa shape index (κ3) is 5.23. The second-order valence-electron chi connectivity index (χ2n) is 5.65. The molecule has 0 aliphatic heterocycles. The third-order valence-electron chi connectivity index (χ3n) is 2.62. The number of hydrogen-bond donors (Lipinski definition) is 1. The number of thioether (sulfide) groups is 1. The highest BCUT2D eigenvalue weighted by Gasteiger charge is 2.14. The van der Waals surface area contributed by atoms with Gasteiger partial charge in [0.15, 0.2) is 0 Å². The Morgan fingerprint density at radius 1 is 1.38 bits per heavy atom. The fourth-order valence-electron chi connectivity index (χ4n) is 1.74. The summed E-state index contributed by atoms with van der Waals surface area (Å²) in [7, 11) is 0. The molecule has 6 heteroatoms. The monoisotopic (exact) mass is 304 g/mol. The van der Waals surface area contributed by atoms with Gasteiger partial charge in [-0.05, 0) is 12.1 Å². The predicted molar refractivity (Wildman–Crippen MR) is 84.4 cm³/mol. The number of rotatable bonds is 5. The van der Waals surface area contributed by atoms with Crippen molar-refractivity contribution in [2.45, 2.75) is 37.1 Å². The van der Waals surface area contributed by atoms with Crippen LogP contribution in [0.15, 0.2) is 42.1 Å². The van der Waals surface area contributed by atoms with Gasteiger partial charge in [-0.15, -0.1) is 11.8 Å². The third-order valence-corrected chi connectivity index (χ3v) is 3.67. The van der Waals surface area contributed by atoms with Crippen LogP contribution >= 0.6 is 11.8 Å². The fraction of sp³-hybridized carbons (Fsp3) is 0.400. The van der Waals surface area contributed by atoms with Crippen molar-refractivity contribution in [1.29, 1.82) is 0 Å². The van der Waals surface area contributed by atoms with Gasteiger partial charge in [-0.25, -0.2) is 9.97 Å². The van der Waals surface area contributed by atoms with E-state index in [1.54, 1.807) is 36.5 Å². The standard InChI is InChI=1S/C15H20N4OS/c1-15(2,3)21-13-10-12(4-5-17-13)14(20)18-7-9-19-8-6-16-11-19/h4-6,8,10-11H,7,9H2,1-3H3,(H,18,20). The number of imidazole rings is 1. The number of carbonyl (C=O) groups is 1. The molecule has 0 fully saturated rings. The Hall–Kier alpha value is -1.82. The van der Waals surface area contributed by atoms with E-state index in [1.807, 2.05) is 16.8 Å². The van der Waals surface area contributed by atoms with E-state index >= 15 is 0 Å².